The third kappa shape index (κ3) is 4.02. The normalized spacial score (nSPS) is 16.6. The lowest BCUT2D eigenvalue weighted by molar-refractivity contribution is -0.158. The maximum absolute atomic E-state index is 12.9. The van der Waals surface area contributed by atoms with Crippen LogP contribution in [-0.2, 0) is 28.9 Å². The van der Waals surface area contributed by atoms with E-state index in [1.807, 2.05) is 12.1 Å². The van der Waals surface area contributed by atoms with Gasteiger partial charge < -0.3 is 0 Å². The first-order valence-electron chi connectivity index (χ1n) is 9.77. The third-order valence-corrected chi connectivity index (χ3v) is 5.56. The molecule has 0 N–H and O–H groups in total. The minimum Gasteiger partial charge on any atom is -0.273 e. The first-order valence-corrected chi connectivity index (χ1v) is 9.77. The summed E-state index contributed by atoms with van der Waals surface area (Å²) >= 11 is 0. The summed E-state index contributed by atoms with van der Waals surface area (Å²) in [6.45, 7) is 1.29. The van der Waals surface area contributed by atoms with E-state index >= 15 is 0 Å². The van der Waals surface area contributed by atoms with Crippen LogP contribution in [0.2, 0.25) is 0 Å². The second kappa shape index (κ2) is 7.91. The molecule has 1 aromatic carbocycles. The number of carbonyl (C=O) groups is 2. The maximum Gasteiger partial charge on any atom is 0.241 e. The van der Waals surface area contributed by atoms with Gasteiger partial charge in [0.2, 0.25) is 11.8 Å². The largest absolute Gasteiger partial charge is 0.273 e. The number of hydrogen-bond acceptors (Lipinski definition) is 3. The molecule has 0 spiro atoms. The van der Waals surface area contributed by atoms with E-state index in [4.69, 9.17) is 0 Å². The quantitative estimate of drug-likeness (QED) is 0.821. The molecule has 1 fully saturated rings. The maximum atomic E-state index is 12.9. The van der Waals surface area contributed by atoms with Gasteiger partial charge in [-0.3, -0.25) is 24.6 Å². The molecule has 0 radical (unpaired) electrons. The Kier molecular flexibility index (Phi) is 5.19. The average Bonchev–Trinajstić information content (AvgIpc) is 3.33. The molecule has 1 aliphatic carbocycles. The average molecular weight is 363 g/mol. The number of hydrogen-bond donors (Lipinski definition) is 0. The number of hydrazine groups is 1. The lowest BCUT2D eigenvalue weighted by atomic mass is 10.0. The molecule has 2 aromatic rings. The monoisotopic (exact) mass is 363 g/mol. The number of nitrogens with zero attached hydrogens (tertiary/aromatic N) is 3. The first kappa shape index (κ1) is 17.7. The van der Waals surface area contributed by atoms with Crippen molar-refractivity contribution in [3.8, 4) is 0 Å². The summed E-state index contributed by atoms with van der Waals surface area (Å²) in [5.74, 6) is 0.460. The Bertz CT molecular complexity index is 796. The Morgan fingerprint density at radius 1 is 0.963 bits per heavy atom. The fraction of sp³-hybridized carbons (Fsp3) is 0.409. The van der Waals surface area contributed by atoms with Gasteiger partial charge in [0.25, 0.3) is 0 Å². The lowest BCUT2D eigenvalue weighted by Crippen LogP contribution is -2.45. The standard InChI is InChI=1S/C22H25N3O2/c26-21(9-8-17-5-3-10-23-16-17)24-11-4-12-25(24)22(27)15-18-13-19-6-1-2-7-20(19)14-18/h1-3,5-7,10,16,18H,4,8-9,11-15H2. The van der Waals surface area contributed by atoms with Crippen LogP contribution in [0.15, 0.2) is 48.8 Å². The SMILES string of the molecule is O=C(CCc1cccnc1)N1CCCN1C(=O)CC1Cc2ccccc2C1. The van der Waals surface area contributed by atoms with Gasteiger partial charge in [0.15, 0.2) is 0 Å². The fourth-order valence-corrected chi connectivity index (χ4v) is 4.20. The Hall–Kier alpha value is -2.69. The minimum absolute atomic E-state index is 0.0272. The van der Waals surface area contributed by atoms with Crippen LogP contribution in [0.4, 0.5) is 0 Å². The number of fused-ring (bicyclic) bond motifs is 1. The van der Waals surface area contributed by atoms with Crippen LogP contribution in [0.5, 0.6) is 0 Å². The number of amides is 2. The third-order valence-electron chi connectivity index (χ3n) is 5.56. The molecular formula is C22H25N3O2. The van der Waals surface area contributed by atoms with Crippen molar-refractivity contribution in [1.29, 1.82) is 0 Å². The smallest absolute Gasteiger partial charge is 0.241 e. The van der Waals surface area contributed by atoms with Gasteiger partial charge in [0, 0.05) is 38.3 Å². The summed E-state index contributed by atoms with van der Waals surface area (Å²) in [6.07, 6.45) is 7.88. The number of carbonyl (C=O) groups excluding carboxylic acids is 2. The van der Waals surface area contributed by atoms with Crippen molar-refractivity contribution in [2.75, 3.05) is 13.1 Å². The Labute approximate surface area is 160 Å². The van der Waals surface area contributed by atoms with Gasteiger partial charge in [0.05, 0.1) is 0 Å². The molecule has 0 saturated carbocycles. The van der Waals surface area contributed by atoms with Crippen molar-refractivity contribution >= 4 is 11.8 Å². The second-order valence-electron chi connectivity index (χ2n) is 7.50. The van der Waals surface area contributed by atoms with Gasteiger partial charge in [-0.25, -0.2) is 0 Å². The Morgan fingerprint density at radius 2 is 1.67 bits per heavy atom. The topological polar surface area (TPSA) is 53.5 Å². The van der Waals surface area contributed by atoms with E-state index in [-0.39, 0.29) is 11.8 Å². The van der Waals surface area contributed by atoms with Crippen LogP contribution in [0.1, 0.15) is 36.0 Å². The molecule has 2 aliphatic rings. The molecule has 5 nitrogen and oxygen atoms in total. The second-order valence-corrected chi connectivity index (χ2v) is 7.50. The summed E-state index contributed by atoms with van der Waals surface area (Å²) < 4.78 is 0. The van der Waals surface area contributed by atoms with E-state index in [9.17, 15) is 9.59 Å². The highest BCUT2D eigenvalue weighted by molar-refractivity contribution is 5.83. The molecule has 0 atom stereocenters. The summed E-state index contributed by atoms with van der Waals surface area (Å²) in [5.41, 5.74) is 3.77. The number of aryl methyl sites for hydroxylation is 1. The molecule has 140 valence electrons. The summed E-state index contributed by atoms with van der Waals surface area (Å²) in [5, 5.41) is 3.36. The van der Waals surface area contributed by atoms with Crippen LogP contribution in [0.3, 0.4) is 0 Å². The zero-order valence-electron chi connectivity index (χ0n) is 15.5. The van der Waals surface area contributed by atoms with Crippen molar-refractivity contribution < 1.29 is 9.59 Å². The zero-order chi connectivity index (χ0) is 18.6. The van der Waals surface area contributed by atoms with E-state index in [2.05, 4.69) is 29.2 Å². The lowest BCUT2D eigenvalue weighted by Gasteiger charge is -2.29. The van der Waals surface area contributed by atoms with E-state index < -0.39 is 0 Å². The molecule has 2 heterocycles. The van der Waals surface area contributed by atoms with Crippen LogP contribution < -0.4 is 0 Å². The van der Waals surface area contributed by atoms with Crippen molar-refractivity contribution in [2.24, 2.45) is 5.92 Å². The minimum atomic E-state index is 0.0272. The van der Waals surface area contributed by atoms with Crippen LogP contribution in [0.25, 0.3) is 0 Å². The first-order chi connectivity index (χ1) is 13.2. The number of pyridine rings is 1. The number of benzene rings is 1. The predicted octanol–water partition coefficient (Wildman–Crippen LogP) is 2.80. The van der Waals surface area contributed by atoms with Crippen molar-refractivity contribution in [3.63, 3.8) is 0 Å². The molecule has 27 heavy (non-hydrogen) atoms. The van der Waals surface area contributed by atoms with Gasteiger partial charge in [-0.2, -0.15) is 0 Å². The van der Waals surface area contributed by atoms with Gasteiger partial charge in [-0.05, 0) is 54.4 Å². The predicted molar refractivity (Wildman–Crippen MR) is 103 cm³/mol. The van der Waals surface area contributed by atoms with Crippen molar-refractivity contribution in [1.82, 2.24) is 15.0 Å². The molecule has 1 aromatic heterocycles. The highest BCUT2D eigenvalue weighted by Crippen LogP contribution is 2.29. The van der Waals surface area contributed by atoms with E-state index in [1.54, 1.807) is 22.4 Å². The Balaban J connectivity index is 1.32. The summed E-state index contributed by atoms with van der Waals surface area (Å²) in [4.78, 5) is 29.6. The van der Waals surface area contributed by atoms with Crippen LogP contribution in [-0.4, -0.2) is 39.9 Å². The van der Waals surface area contributed by atoms with Gasteiger partial charge in [-0.1, -0.05) is 30.3 Å². The number of rotatable bonds is 5. The molecule has 5 heteroatoms. The van der Waals surface area contributed by atoms with E-state index in [0.29, 0.717) is 38.3 Å². The molecule has 0 unspecified atom stereocenters. The van der Waals surface area contributed by atoms with Gasteiger partial charge in [-0.15, -0.1) is 0 Å². The van der Waals surface area contributed by atoms with Crippen LogP contribution in [0, 0.1) is 5.92 Å². The summed E-state index contributed by atoms with van der Waals surface area (Å²) in [6, 6.07) is 12.3. The zero-order valence-corrected chi connectivity index (χ0v) is 15.5. The van der Waals surface area contributed by atoms with Gasteiger partial charge >= 0.3 is 0 Å². The molecule has 1 saturated heterocycles. The highest BCUT2D eigenvalue weighted by atomic mass is 16.2. The van der Waals surface area contributed by atoms with Crippen LogP contribution >= 0.6 is 0 Å². The summed E-state index contributed by atoms with van der Waals surface area (Å²) in [7, 11) is 0. The van der Waals surface area contributed by atoms with E-state index in [0.717, 1.165) is 24.8 Å². The molecule has 4 rings (SSSR count). The Morgan fingerprint density at radius 3 is 2.33 bits per heavy atom. The number of aromatic nitrogens is 1. The van der Waals surface area contributed by atoms with Gasteiger partial charge in [0.1, 0.15) is 0 Å². The fourth-order valence-electron chi connectivity index (χ4n) is 4.20. The van der Waals surface area contributed by atoms with E-state index in [1.165, 1.54) is 11.1 Å². The molecular weight excluding hydrogens is 338 g/mol. The van der Waals surface area contributed by atoms with Crippen molar-refractivity contribution in [3.05, 3.63) is 65.5 Å². The molecule has 0 bridgehead atoms. The van der Waals surface area contributed by atoms with Crippen molar-refractivity contribution in [2.45, 2.75) is 38.5 Å². The molecule has 2 amide bonds. The highest BCUT2D eigenvalue weighted by Gasteiger charge is 2.32. The molecule has 1 aliphatic heterocycles.